The zero-order valence-corrected chi connectivity index (χ0v) is 15.0. The van der Waals surface area contributed by atoms with Gasteiger partial charge in [0.15, 0.2) is 0 Å². The van der Waals surface area contributed by atoms with Gasteiger partial charge in [0.1, 0.15) is 6.54 Å². The SMILES string of the molecule is O=C(Cn1ccc(=O)[nH]c1=O)N[C@H](c1cnc2ccccc2c1)C1CC(O)C1. The molecule has 1 saturated carbocycles. The zero-order valence-electron chi connectivity index (χ0n) is 15.0. The normalized spacial score (nSPS) is 19.8. The number of amides is 1. The molecule has 3 aromatic rings. The van der Waals surface area contributed by atoms with Gasteiger partial charge in [-0.3, -0.25) is 24.1 Å². The van der Waals surface area contributed by atoms with Crippen molar-refractivity contribution >= 4 is 16.8 Å². The molecule has 28 heavy (non-hydrogen) atoms. The monoisotopic (exact) mass is 380 g/mol. The van der Waals surface area contributed by atoms with Crippen LogP contribution in [0.3, 0.4) is 0 Å². The molecule has 8 heteroatoms. The molecule has 0 saturated heterocycles. The average molecular weight is 380 g/mol. The lowest BCUT2D eigenvalue weighted by Gasteiger charge is -2.38. The fraction of sp³-hybridized carbons (Fsp3) is 0.300. The minimum absolute atomic E-state index is 0.0919. The highest BCUT2D eigenvalue weighted by atomic mass is 16.3. The van der Waals surface area contributed by atoms with Crippen LogP contribution in [0.4, 0.5) is 0 Å². The van der Waals surface area contributed by atoms with Crippen LogP contribution in [-0.2, 0) is 11.3 Å². The van der Waals surface area contributed by atoms with E-state index < -0.39 is 11.2 Å². The highest BCUT2D eigenvalue weighted by molar-refractivity contribution is 5.79. The Balaban J connectivity index is 1.58. The molecule has 0 spiro atoms. The van der Waals surface area contributed by atoms with Crippen LogP contribution in [0.2, 0.25) is 0 Å². The first-order chi connectivity index (χ1) is 13.5. The number of nitrogens with one attached hydrogen (secondary N) is 2. The summed E-state index contributed by atoms with van der Waals surface area (Å²) in [6.07, 6.45) is 3.86. The van der Waals surface area contributed by atoms with Gasteiger partial charge < -0.3 is 10.4 Å². The van der Waals surface area contributed by atoms with Crippen LogP contribution in [0.15, 0.2) is 58.4 Å². The van der Waals surface area contributed by atoms with Crippen molar-refractivity contribution in [1.29, 1.82) is 0 Å². The number of carbonyl (C=O) groups excluding carboxylic acids is 1. The van der Waals surface area contributed by atoms with Gasteiger partial charge in [0.05, 0.1) is 17.7 Å². The largest absolute Gasteiger partial charge is 0.393 e. The molecule has 3 N–H and O–H groups in total. The summed E-state index contributed by atoms with van der Waals surface area (Å²) in [7, 11) is 0. The minimum Gasteiger partial charge on any atom is -0.393 e. The van der Waals surface area contributed by atoms with Crippen molar-refractivity contribution in [2.75, 3.05) is 0 Å². The van der Waals surface area contributed by atoms with Gasteiger partial charge >= 0.3 is 5.69 Å². The molecule has 0 unspecified atom stereocenters. The number of aliphatic hydroxyl groups is 1. The van der Waals surface area contributed by atoms with Gasteiger partial charge in [-0.25, -0.2) is 4.79 Å². The fourth-order valence-corrected chi connectivity index (χ4v) is 3.58. The van der Waals surface area contributed by atoms with Gasteiger partial charge in [-0.15, -0.1) is 0 Å². The number of rotatable bonds is 5. The Bertz CT molecular complexity index is 1130. The first-order valence-electron chi connectivity index (χ1n) is 9.11. The van der Waals surface area contributed by atoms with Gasteiger partial charge in [-0.2, -0.15) is 0 Å². The van der Waals surface area contributed by atoms with Gasteiger partial charge in [-0.1, -0.05) is 18.2 Å². The summed E-state index contributed by atoms with van der Waals surface area (Å²) in [6.45, 7) is -0.206. The smallest absolute Gasteiger partial charge is 0.328 e. The molecule has 2 aromatic heterocycles. The van der Waals surface area contributed by atoms with Crippen LogP contribution >= 0.6 is 0 Å². The summed E-state index contributed by atoms with van der Waals surface area (Å²) < 4.78 is 1.14. The van der Waals surface area contributed by atoms with Crippen LogP contribution in [0, 0.1) is 5.92 Å². The molecule has 4 rings (SSSR count). The van der Waals surface area contributed by atoms with Crippen LogP contribution in [0.5, 0.6) is 0 Å². The molecule has 0 radical (unpaired) electrons. The number of benzene rings is 1. The van der Waals surface area contributed by atoms with E-state index in [1.54, 1.807) is 6.20 Å². The number of aromatic amines is 1. The second-order valence-electron chi connectivity index (χ2n) is 7.13. The maximum Gasteiger partial charge on any atom is 0.328 e. The van der Waals surface area contributed by atoms with E-state index in [0.29, 0.717) is 12.8 Å². The summed E-state index contributed by atoms with van der Waals surface area (Å²) in [4.78, 5) is 42.1. The molecule has 8 nitrogen and oxygen atoms in total. The highest BCUT2D eigenvalue weighted by Gasteiger charge is 2.36. The van der Waals surface area contributed by atoms with Crippen molar-refractivity contribution in [1.82, 2.24) is 19.9 Å². The quantitative estimate of drug-likeness (QED) is 0.603. The molecule has 1 atom stereocenters. The molecule has 0 aliphatic heterocycles. The van der Waals surface area contributed by atoms with E-state index in [0.717, 1.165) is 21.0 Å². The third-order valence-corrected chi connectivity index (χ3v) is 5.12. The van der Waals surface area contributed by atoms with Crippen molar-refractivity contribution in [3.05, 3.63) is 75.2 Å². The number of aliphatic hydroxyl groups excluding tert-OH is 1. The molecular formula is C20H20N4O4. The van der Waals surface area contributed by atoms with Crippen LogP contribution < -0.4 is 16.6 Å². The summed E-state index contributed by atoms with van der Waals surface area (Å²) in [5.74, 6) is -0.261. The van der Waals surface area contributed by atoms with E-state index in [4.69, 9.17) is 0 Å². The molecule has 144 valence electrons. The van der Waals surface area contributed by atoms with Gasteiger partial charge in [0.25, 0.3) is 5.56 Å². The standard InChI is InChI=1S/C20H20N4O4/c25-15-8-13(9-15)19(14-7-12-3-1-2-4-16(12)21-10-14)22-18(27)11-24-6-5-17(26)23-20(24)28/h1-7,10,13,15,19,25H,8-9,11H2,(H,22,27)(H,23,26,28)/t13?,15?,19-/m0/s1. The minimum atomic E-state index is -0.634. The average Bonchev–Trinajstić information content (AvgIpc) is 2.66. The van der Waals surface area contributed by atoms with E-state index in [-0.39, 0.29) is 30.5 Å². The Hall–Kier alpha value is -3.26. The summed E-state index contributed by atoms with van der Waals surface area (Å²) in [6, 6.07) is 10.6. The summed E-state index contributed by atoms with van der Waals surface area (Å²) in [5, 5.41) is 13.6. The molecule has 1 fully saturated rings. The van der Waals surface area contributed by atoms with E-state index in [9.17, 15) is 19.5 Å². The zero-order chi connectivity index (χ0) is 19.7. The first-order valence-corrected chi connectivity index (χ1v) is 9.11. The topological polar surface area (TPSA) is 117 Å². The van der Waals surface area contributed by atoms with E-state index in [1.807, 2.05) is 30.3 Å². The number of nitrogens with zero attached hydrogens (tertiary/aromatic N) is 2. The number of H-pyrrole nitrogens is 1. The lowest BCUT2D eigenvalue weighted by atomic mass is 9.75. The van der Waals surface area contributed by atoms with Crippen LogP contribution in [-0.4, -0.2) is 31.7 Å². The Morgan fingerprint density at radius 3 is 2.82 bits per heavy atom. The predicted molar refractivity (Wildman–Crippen MR) is 103 cm³/mol. The lowest BCUT2D eigenvalue weighted by Crippen LogP contribution is -2.43. The third kappa shape index (κ3) is 3.72. The van der Waals surface area contributed by atoms with Gasteiger partial charge in [0, 0.05) is 23.8 Å². The highest BCUT2D eigenvalue weighted by Crippen LogP contribution is 2.38. The number of aromatic nitrogens is 3. The maximum atomic E-state index is 12.6. The predicted octanol–water partition coefficient (Wildman–Crippen LogP) is 0.713. The fourth-order valence-electron chi connectivity index (χ4n) is 3.58. The Labute approximate surface area is 159 Å². The lowest BCUT2D eigenvalue weighted by molar-refractivity contribution is -0.123. The van der Waals surface area contributed by atoms with Crippen LogP contribution in [0.1, 0.15) is 24.4 Å². The van der Waals surface area contributed by atoms with E-state index in [1.165, 1.54) is 12.3 Å². The van der Waals surface area contributed by atoms with E-state index in [2.05, 4.69) is 15.3 Å². The molecule has 0 bridgehead atoms. The van der Waals surface area contributed by atoms with Gasteiger partial charge in [0.2, 0.25) is 5.91 Å². The Kier molecular flexibility index (Phi) is 4.79. The van der Waals surface area contributed by atoms with Crippen LogP contribution in [0.25, 0.3) is 10.9 Å². The molecular weight excluding hydrogens is 360 g/mol. The Morgan fingerprint density at radius 2 is 2.07 bits per heavy atom. The first kappa shape index (κ1) is 18.1. The number of fused-ring (bicyclic) bond motifs is 1. The van der Waals surface area contributed by atoms with Crippen molar-refractivity contribution in [2.45, 2.75) is 31.5 Å². The number of hydrogen-bond acceptors (Lipinski definition) is 5. The number of pyridine rings is 1. The molecule has 1 aromatic carbocycles. The van der Waals surface area contributed by atoms with Crippen molar-refractivity contribution < 1.29 is 9.90 Å². The number of carbonyl (C=O) groups is 1. The van der Waals surface area contributed by atoms with Crippen molar-refractivity contribution in [2.24, 2.45) is 5.92 Å². The molecule has 1 aliphatic rings. The number of hydrogen-bond donors (Lipinski definition) is 3. The van der Waals surface area contributed by atoms with Gasteiger partial charge in [-0.05, 0) is 36.5 Å². The molecule has 2 heterocycles. The second kappa shape index (κ2) is 7.40. The number of para-hydroxylation sites is 1. The Morgan fingerprint density at radius 1 is 1.29 bits per heavy atom. The summed E-state index contributed by atoms with van der Waals surface area (Å²) in [5.41, 5.74) is 0.582. The third-order valence-electron chi connectivity index (χ3n) is 5.12. The van der Waals surface area contributed by atoms with E-state index >= 15 is 0 Å². The molecule has 1 aliphatic carbocycles. The maximum absolute atomic E-state index is 12.6. The summed E-state index contributed by atoms with van der Waals surface area (Å²) >= 11 is 0. The second-order valence-corrected chi connectivity index (χ2v) is 7.13. The molecule has 1 amide bonds. The van der Waals surface area contributed by atoms with Crippen molar-refractivity contribution in [3.8, 4) is 0 Å². The van der Waals surface area contributed by atoms with Crippen molar-refractivity contribution in [3.63, 3.8) is 0 Å².